The van der Waals surface area contributed by atoms with Gasteiger partial charge in [0, 0.05) is 32.8 Å². The summed E-state index contributed by atoms with van der Waals surface area (Å²) in [4.78, 5) is 5.92. The first-order valence-electron chi connectivity index (χ1n) is 6.85. The molecule has 1 saturated heterocycles. The van der Waals surface area contributed by atoms with E-state index in [1.165, 1.54) is 0 Å². The molecule has 0 amide bonds. The number of aromatic nitrogens is 1. The zero-order valence-electron chi connectivity index (χ0n) is 12.1. The van der Waals surface area contributed by atoms with Crippen LogP contribution >= 0.6 is 11.3 Å². The molecule has 0 radical (unpaired) electrons. The highest BCUT2D eigenvalue weighted by molar-refractivity contribution is 7.11. The summed E-state index contributed by atoms with van der Waals surface area (Å²) in [6.07, 6.45) is -2.69. The van der Waals surface area contributed by atoms with Gasteiger partial charge < -0.3 is 10.5 Å². The van der Waals surface area contributed by atoms with Gasteiger partial charge in [0.05, 0.1) is 16.0 Å². The van der Waals surface area contributed by atoms with Gasteiger partial charge in [-0.15, -0.1) is 11.3 Å². The average Bonchev–Trinajstić information content (AvgIpc) is 2.80. The number of piperidine rings is 1. The summed E-state index contributed by atoms with van der Waals surface area (Å²) in [6.45, 7) is 2.95. The number of methoxy groups -OCH3 is 1. The van der Waals surface area contributed by atoms with Crippen LogP contribution in [0, 0.1) is 6.92 Å². The molecule has 2 unspecified atom stereocenters. The predicted octanol–water partition coefficient (Wildman–Crippen LogP) is 2.41. The fourth-order valence-electron chi connectivity index (χ4n) is 2.71. The van der Waals surface area contributed by atoms with E-state index in [1.54, 1.807) is 14.0 Å². The van der Waals surface area contributed by atoms with Crippen LogP contribution in [-0.4, -0.2) is 42.2 Å². The Morgan fingerprint density at radius 2 is 2.19 bits per heavy atom. The summed E-state index contributed by atoms with van der Waals surface area (Å²) in [5, 5.41) is 0.438. The van der Waals surface area contributed by atoms with Crippen LogP contribution in [0.3, 0.4) is 0 Å². The van der Waals surface area contributed by atoms with Gasteiger partial charge in [-0.25, -0.2) is 4.98 Å². The smallest absolute Gasteiger partial charge is 0.381 e. The minimum atomic E-state index is -4.40. The fraction of sp³-hybridized carbons (Fsp3) is 0.769. The predicted molar refractivity (Wildman–Crippen MR) is 75.1 cm³/mol. The van der Waals surface area contributed by atoms with Gasteiger partial charge >= 0.3 is 6.18 Å². The summed E-state index contributed by atoms with van der Waals surface area (Å²) in [7, 11) is 1.65. The number of likely N-dealkylation sites (tertiary alicyclic amines) is 1. The average molecular weight is 323 g/mol. The Balaban J connectivity index is 2.14. The summed E-state index contributed by atoms with van der Waals surface area (Å²) in [6, 6.07) is 0.0483. The molecule has 4 nitrogen and oxygen atoms in total. The van der Waals surface area contributed by atoms with Crippen LogP contribution in [-0.2, 0) is 17.5 Å². The third kappa shape index (κ3) is 3.94. The van der Waals surface area contributed by atoms with Crippen LogP contribution in [0.5, 0.6) is 0 Å². The molecule has 0 spiro atoms. The molecule has 2 rings (SSSR count). The number of nitrogens with zero attached hydrogens (tertiary/aromatic N) is 2. The highest BCUT2D eigenvalue weighted by Gasteiger charge is 2.38. The third-order valence-corrected chi connectivity index (χ3v) is 4.77. The second-order valence-electron chi connectivity index (χ2n) is 5.24. The van der Waals surface area contributed by atoms with Crippen molar-refractivity contribution in [1.29, 1.82) is 0 Å². The number of thiazole rings is 1. The molecule has 21 heavy (non-hydrogen) atoms. The van der Waals surface area contributed by atoms with Crippen molar-refractivity contribution >= 4 is 11.3 Å². The molecule has 0 aromatic carbocycles. The van der Waals surface area contributed by atoms with E-state index in [1.807, 2.05) is 4.90 Å². The lowest BCUT2D eigenvalue weighted by atomic mass is 9.99. The topological polar surface area (TPSA) is 51.4 Å². The first kappa shape index (κ1) is 16.7. The van der Waals surface area contributed by atoms with Crippen molar-refractivity contribution in [3.05, 3.63) is 15.6 Å². The molecular formula is C13H20F3N3OS. The van der Waals surface area contributed by atoms with Crippen molar-refractivity contribution in [2.24, 2.45) is 5.73 Å². The number of alkyl halides is 3. The number of rotatable bonds is 4. The maximum Gasteiger partial charge on any atom is 0.434 e. The number of aryl methyl sites for hydroxylation is 1. The highest BCUT2D eigenvalue weighted by atomic mass is 32.1. The zero-order chi connectivity index (χ0) is 15.6. The van der Waals surface area contributed by atoms with Crippen LogP contribution < -0.4 is 5.73 Å². The number of hydrogen-bond acceptors (Lipinski definition) is 5. The highest BCUT2D eigenvalue weighted by Crippen LogP contribution is 2.35. The van der Waals surface area contributed by atoms with Gasteiger partial charge in [-0.1, -0.05) is 0 Å². The molecule has 1 aliphatic heterocycles. The summed E-state index contributed by atoms with van der Waals surface area (Å²) >= 11 is 1.11. The Morgan fingerprint density at radius 1 is 1.48 bits per heavy atom. The summed E-state index contributed by atoms with van der Waals surface area (Å²) < 4.78 is 44.3. The SMILES string of the molecule is COC1CCN(Cc2sc(C)nc2C(F)(F)F)C(CN)C1. The van der Waals surface area contributed by atoms with E-state index in [2.05, 4.69) is 4.98 Å². The molecule has 2 heterocycles. The monoisotopic (exact) mass is 323 g/mol. The van der Waals surface area contributed by atoms with E-state index in [0.717, 1.165) is 24.2 Å². The Bertz CT molecular complexity index is 478. The van der Waals surface area contributed by atoms with Gasteiger partial charge in [-0.3, -0.25) is 4.90 Å². The molecule has 1 aromatic heterocycles. The van der Waals surface area contributed by atoms with E-state index in [0.29, 0.717) is 18.1 Å². The molecule has 0 saturated carbocycles. The molecule has 0 aliphatic carbocycles. The number of nitrogens with two attached hydrogens (primary N) is 1. The maximum atomic E-state index is 13.0. The van der Waals surface area contributed by atoms with E-state index < -0.39 is 11.9 Å². The Morgan fingerprint density at radius 3 is 2.76 bits per heavy atom. The molecule has 1 aromatic rings. The Hall–Kier alpha value is -0.700. The van der Waals surface area contributed by atoms with Crippen molar-refractivity contribution in [2.75, 3.05) is 20.2 Å². The van der Waals surface area contributed by atoms with Gasteiger partial charge in [0.2, 0.25) is 0 Å². The quantitative estimate of drug-likeness (QED) is 0.924. The van der Waals surface area contributed by atoms with Crippen LogP contribution in [0.4, 0.5) is 13.2 Å². The van der Waals surface area contributed by atoms with E-state index in [9.17, 15) is 13.2 Å². The van der Waals surface area contributed by atoms with Crippen LogP contribution in [0.15, 0.2) is 0 Å². The summed E-state index contributed by atoms with van der Waals surface area (Å²) in [5.41, 5.74) is 5.01. The van der Waals surface area contributed by atoms with E-state index in [4.69, 9.17) is 10.5 Å². The standard InChI is InChI=1S/C13H20F3N3OS/c1-8-18-12(13(14,15)16)11(21-8)7-19-4-3-10(20-2)5-9(19)6-17/h9-10H,3-7,17H2,1-2H3. The van der Waals surface area contributed by atoms with Gasteiger partial charge in [-0.2, -0.15) is 13.2 Å². The zero-order valence-corrected chi connectivity index (χ0v) is 12.9. The lowest BCUT2D eigenvalue weighted by Crippen LogP contribution is -2.48. The minimum Gasteiger partial charge on any atom is -0.381 e. The number of hydrogen-bond donors (Lipinski definition) is 1. The summed E-state index contributed by atoms with van der Waals surface area (Å²) in [5.74, 6) is 0. The fourth-order valence-corrected chi connectivity index (χ4v) is 3.69. The molecule has 8 heteroatoms. The largest absolute Gasteiger partial charge is 0.434 e. The van der Waals surface area contributed by atoms with Crippen molar-refractivity contribution in [3.63, 3.8) is 0 Å². The van der Waals surface area contributed by atoms with Crippen molar-refractivity contribution < 1.29 is 17.9 Å². The van der Waals surface area contributed by atoms with Crippen molar-refractivity contribution in [1.82, 2.24) is 9.88 Å². The lowest BCUT2D eigenvalue weighted by Gasteiger charge is -2.38. The van der Waals surface area contributed by atoms with Gasteiger partial charge in [0.25, 0.3) is 0 Å². The Labute approximate surface area is 126 Å². The lowest BCUT2D eigenvalue weighted by molar-refractivity contribution is -0.141. The van der Waals surface area contributed by atoms with Gasteiger partial charge in [0.1, 0.15) is 0 Å². The van der Waals surface area contributed by atoms with Crippen LogP contribution in [0.2, 0.25) is 0 Å². The Kier molecular flexibility index (Phi) is 5.24. The van der Waals surface area contributed by atoms with E-state index >= 15 is 0 Å². The molecule has 1 fully saturated rings. The molecule has 120 valence electrons. The molecule has 2 atom stereocenters. The van der Waals surface area contributed by atoms with Gasteiger partial charge in [-0.05, 0) is 19.8 Å². The molecule has 2 N–H and O–H groups in total. The maximum absolute atomic E-state index is 13.0. The molecule has 1 aliphatic rings. The van der Waals surface area contributed by atoms with Crippen molar-refractivity contribution in [3.8, 4) is 0 Å². The third-order valence-electron chi connectivity index (χ3n) is 3.81. The molecule has 0 bridgehead atoms. The second kappa shape index (κ2) is 6.60. The first-order chi connectivity index (χ1) is 9.85. The second-order valence-corrected chi connectivity index (χ2v) is 6.53. The van der Waals surface area contributed by atoms with Crippen LogP contribution in [0.1, 0.15) is 28.4 Å². The van der Waals surface area contributed by atoms with E-state index in [-0.39, 0.29) is 23.6 Å². The molecular weight excluding hydrogens is 303 g/mol. The van der Waals surface area contributed by atoms with Gasteiger partial charge in [0.15, 0.2) is 5.69 Å². The number of ether oxygens (including phenoxy) is 1. The van der Waals surface area contributed by atoms with Crippen molar-refractivity contribution in [2.45, 2.75) is 44.6 Å². The first-order valence-corrected chi connectivity index (χ1v) is 7.67. The minimum absolute atomic E-state index is 0.0483. The normalized spacial score (nSPS) is 24.5. The van der Waals surface area contributed by atoms with Crippen LogP contribution in [0.25, 0.3) is 0 Å². The number of halogens is 3.